The summed E-state index contributed by atoms with van der Waals surface area (Å²) in [6, 6.07) is 1.31. The molecule has 0 N–H and O–H groups in total. The molecule has 0 atom stereocenters. The van der Waals surface area contributed by atoms with Gasteiger partial charge in [-0.15, -0.1) is 0 Å². The van der Waals surface area contributed by atoms with Crippen LogP contribution in [0.15, 0.2) is 29.2 Å². The van der Waals surface area contributed by atoms with Crippen LogP contribution in [0.1, 0.15) is 9.68 Å². The van der Waals surface area contributed by atoms with E-state index in [1.807, 2.05) is 0 Å². The first-order valence-corrected chi connectivity index (χ1v) is 4.70. The van der Waals surface area contributed by atoms with E-state index in [0.717, 1.165) is 4.40 Å². The first-order valence-electron chi connectivity index (χ1n) is 6.20. The molecule has 3 heterocycles. The van der Waals surface area contributed by atoms with Gasteiger partial charge in [-0.1, -0.05) is 6.07 Å². The number of pyridine rings is 1. The topological polar surface area (TPSA) is 87.1 Å². The van der Waals surface area contributed by atoms with Crippen LogP contribution in [0, 0.1) is 6.92 Å². The molecule has 0 saturated heterocycles. The largest absolute Gasteiger partial charge is 1.00 e. The van der Waals surface area contributed by atoms with Crippen molar-refractivity contribution in [2.24, 2.45) is 0 Å². The molecule has 0 unspecified atom stereocenters. The van der Waals surface area contributed by atoms with Crippen molar-refractivity contribution in [1.82, 2.24) is 30.0 Å². The molecule has 0 amide bonds. The molecular formula is C10H7KN6O. The Kier molecular flexibility index (Phi) is 2.96. The maximum Gasteiger partial charge on any atom is 1.00 e. The van der Waals surface area contributed by atoms with E-state index in [4.69, 9.17) is 4.11 Å². The van der Waals surface area contributed by atoms with E-state index in [1.165, 1.54) is 6.07 Å². The summed E-state index contributed by atoms with van der Waals surface area (Å²) < 4.78 is 24.3. The van der Waals surface area contributed by atoms with Gasteiger partial charge >= 0.3 is 51.4 Å². The number of aromatic nitrogens is 6. The zero-order valence-corrected chi connectivity index (χ0v) is 12.8. The SMILES string of the molecule is [2H]c1cc(C)c2nc([2H])c(-c3nnn[n-]3)c(=O)n2c1[2H].[K+]. The molecule has 18 heavy (non-hydrogen) atoms. The Morgan fingerprint density at radius 1 is 1.50 bits per heavy atom. The Morgan fingerprint density at radius 3 is 3.06 bits per heavy atom. The summed E-state index contributed by atoms with van der Waals surface area (Å²) in [6.45, 7) is 1.65. The smallest absolute Gasteiger partial charge is 0.330 e. The van der Waals surface area contributed by atoms with Crippen molar-refractivity contribution in [3.63, 3.8) is 0 Å². The molecule has 0 aromatic carbocycles. The molecule has 0 spiro atoms. The fourth-order valence-electron chi connectivity index (χ4n) is 1.44. The van der Waals surface area contributed by atoms with Gasteiger partial charge in [0, 0.05) is 18.2 Å². The van der Waals surface area contributed by atoms with Crippen LogP contribution in [0.3, 0.4) is 0 Å². The molecule has 8 heteroatoms. The normalized spacial score (nSPS) is 12.6. The molecule has 84 valence electrons. The van der Waals surface area contributed by atoms with Crippen LogP contribution < -0.4 is 62.0 Å². The zero-order chi connectivity index (χ0) is 14.4. The molecule has 0 radical (unpaired) electrons. The minimum Gasteiger partial charge on any atom is -0.330 e. The molecule has 0 fully saturated rings. The number of fused-ring (bicyclic) bond motifs is 1. The van der Waals surface area contributed by atoms with Crippen LogP contribution in [-0.2, 0) is 0 Å². The van der Waals surface area contributed by atoms with Crippen molar-refractivity contribution in [3.05, 3.63) is 40.4 Å². The van der Waals surface area contributed by atoms with Gasteiger partial charge in [-0.25, -0.2) is 4.98 Å². The van der Waals surface area contributed by atoms with Crippen molar-refractivity contribution in [2.75, 3.05) is 0 Å². The second-order valence-corrected chi connectivity index (χ2v) is 3.35. The van der Waals surface area contributed by atoms with E-state index < -0.39 is 5.56 Å². The molecule has 3 rings (SSSR count). The third-order valence-corrected chi connectivity index (χ3v) is 2.26. The third-order valence-electron chi connectivity index (χ3n) is 2.26. The van der Waals surface area contributed by atoms with Crippen molar-refractivity contribution >= 4 is 5.65 Å². The molecule has 0 aliphatic carbocycles. The van der Waals surface area contributed by atoms with Crippen molar-refractivity contribution in [1.29, 1.82) is 0 Å². The second kappa shape index (κ2) is 5.37. The van der Waals surface area contributed by atoms with Crippen LogP contribution >= 0.6 is 0 Å². The Labute approximate surface area is 148 Å². The number of tetrazole rings is 1. The van der Waals surface area contributed by atoms with E-state index in [1.54, 1.807) is 6.92 Å². The summed E-state index contributed by atoms with van der Waals surface area (Å²) in [5.74, 6) is -0.116. The average molecular weight is 269 g/mol. The Morgan fingerprint density at radius 2 is 2.33 bits per heavy atom. The third kappa shape index (κ3) is 2.17. The fraction of sp³-hybridized carbons (Fsp3) is 0.100. The van der Waals surface area contributed by atoms with Gasteiger partial charge in [0.25, 0.3) is 5.56 Å². The van der Waals surface area contributed by atoms with Gasteiger partial charge in [0.05, 0.1) is 9.68 Å². The predicted molar refractivity (Wildman–Crippen MR) is 58.3 cm³/mol. The maximum atomic E-state index is 12.4. The fourth-order valence-corrected chi connectivity index (χ4v) is 1.44. The first kappa shape index (κ1) is 9.93. The van der Waals surface area contributed by atoms with Crippen LogP contribution in [0.5, 0.6) is 0 Å². The number of nitrogens with zero attached hydrogens (tertiary/aromatic N) is 6. The van der Waals surface area contributed by atoms with E-state index in [-0.39, 0.29) is 86.8 Å². The molecule has 0 saturated carbocycles. The Bertz CT molecular complexity index is 879. The molecule has 0 aliphatic rings. The standard InChI is InChI=1S/C10H7N6O.K/c1-6-3-2-4-16-9(6)11-5-7(10(16)17)8-12-14-15-13-8;/h2-5H,1H3;/q-1;+1/i2D,4D,5D;. The van der Waals surface area contributed by atoms with Crippen molar-refractivity contribution in [2.45, 2.75) is 6.92 Å². The van der Waals surface area contributed by atoms with Gasteiger partial charge < -0.3 is 5.10 Å². The van der Waals surface area contributed by atoms with E-state index in [0.29, 0.717) is 5.56 Å². The molecule has 3 aromatic rings. The minimum absolute atomic E-state index is 0. The average Bonchev–Trinajstić information content (AvgIpc) is 2.89. The first-order chi connectivity index (χ1) is 9.50. The summed E-state index contributed by atoms with van der Waals surface area (Å²) in [6.07, 6.45) is -0.623. The number of hydrogen-bond acceptors (Lipinski definition) is 5. The molecular weight excluding hydrogens is 259 g/mol. The van der Waals surface area contributed by atoms with Gasteiger partial charge in [0.2, 0.25) is 0 Å². The van der Waals surface area contributed by atoms with Crippen LogP contribution in [-0.4, -0.2) is 24.9 Å². The summed E-state index contributed by atoms with van der Waals surface area (Å²) in [4.78, 5) is 16.4. The molecule has 0 aliphatic heterocycles. The van der Waals surface area contributed by atoms with Gasteiger partial charge in [0.1, 0.15) is 5.65 Å². The summed E-state index contributed by atoms with van der Waals surface area (Å²) >= 11 is 0. The van der Waals surface area contributed by atoms with E-state index in [2.05, 4.69) is 25.6 Å². The van der Waals surface area contributed by atoms with E-state index in [9.17, 15) is 4.79 Å². The van der Waals surface area contributed by atoms with Crippen molar-refractivity contribution in [3.8, 4) is 11.4 Å². The minimum atomic E-state index is -0.683. The Balaban J connectivity index is 0.00000161. The van der Waals surface area contributed by atoms with Crippen LogP contribution in [0.25, 0.3) is 17.0 Å². The molecule has 3 aromatic heterocycles. The van der Waals surface area contributed by atoms with Gasteiger partial charge in [-0.05, 0) is 18.5 Å². The van der Waals surface area contributed by atoms with Gasteiger partial charge in [-0.3, -0.25) is 19.5 Å². The number of aryl methyl sites for hydroxylation is 1. The monoisotopic (exact) mass is 269 g/mol. The second-order valence-electron chi connectivity index (χ2n) is 3.35. The molecule has 7 nitrogen and oxygen atoms in total. The number of rotatable bonds is 1. The van der Waals surface area contributed by atoms with E-state index >= 15 is 0 Å². The van der Waals surface area contributed by atoms with Crippen LogP contribution in [0.2, 0.25) is 0 Å². The molecule has 0 bridgehead atoms. The van der Waals surface area contributed by atoms with Gasteiger partial charge in [-0.2, -0.15) is 5.21 Å². The summed E-state index contributed by atoms with van der Waals surface area (Å²) in [7, 11) is 0. The Hall–Kier alpha value is -0.934. The summed E-state index contributed by atoms with van der Waals surface area (Å²) in [5.41, 5.74) is -0.178. The van der Waals surface area contributed by atoms with Crippen LogP contribution in [0.4, 0.5) is 0 Å². The van der Waals surface area contributed by atoms with Gasteiger partial charge in [0.15, 0.2) is 0 Å². The van der Waals surface area contributed by atoms with Crippen molar-refractivity contribution < 1.29 is 55.5 Å². The zero-order valence-electron chi connectivity index (χ0n) is 12.7. The summed E-state index contributed by atoms with van der Waals surface area (Å²) in [5, 5.41) is 13.6. The maximum absolute atomic E-state index is 12.4. The quantitative estimate of drug-likeness (QED) is 0.433. The number of hydrogen-bond donors (Lipinski definition) is 0. The predicted octanol–water partition coefficient (Wildman–Crippen LogP) is -3.18.